The van der Waals surface area contributed by atoms with E-state index < -0.39 is 5.97 Å². The number of hydrogen-bond donors (Lipinski definition) is 2. The lowest BCUT2D eigenvalue weighted by atomic mass is 10.0. The molecule has 2 rings (SSSR count). The number of carbonyl (C=O) groups excluding carboxylic acids is 1. The topological polar surface area (TPSA) is 76.0 Å². The Balaban J connectivity index is 2.74. The average Bonchev–Trinajstić information content (AvgIpc) is 2.36. The molecule has 0 atom stereocenters. The molecule has 2 aromatic carbocycles. The van der Waals surface area contributed by atoms with Gasteiger partial charge in [0.2, 0.25) is 0 Å². The van der Waals surface area contributed by atoms with Crippen molar-refractivity contribution in [3.05, 3.63) is 29.8 Å². The van der Waals surface area contributed by atoms with E-state index in [1.54, 1.807) is 6.07 Å². The molecule has 0 aliphatic rings. The molecule has 0 saturated heterocycles. The van der Waals surface area contributed by atoms with Crippen LogP contribution in [0.2, 0.25) is 0 Å². The molecule has 0 unspecified atom stereocenters. The standard InChI is InChI=1S/C13H12O5/c1-17-9-4-7-3-8(13(16)18-2)5-10(14)12(7)11(15)6-9/h3-6,14-15H,1-2H3. The SMILES string of the molecule is COC(=O)c1cc(O)c2c(O)cc(OC)cc2c1. The van der Waals surface area contributed by atoms with Crippen molar-refractivity contribution < 1.29 is 24.5 Å². The highest BCUT2D eigenvalue weighted by Crippen LogP contribution is 2.37. The van der Waals surface area contributed by atoms with Crippen molar-refractivity contribution in [1.82, 2.24) is 0 Å². The lowest BCUT2D eigenvalue weighted by Crippen LogP contribution is -2.00. The molecule has 5 nitrogen and oxygen atoms in total. The molecule has 2 N–H and O–H groups in total. The van der Waals surface area contributed by atoms with Crippen LogP contribution in [0.15, 0.2) is 24.3 Å². The lowest BCUT2D eigenvalue weighted by Gasteiger charge is -2.09. The molecule has 5 heteroatoms. The number of benzene rings is 2. The van der Waals surface area contributed by atoms with E-state index in [0.29, 0.717) is 11.1 Å². The number of phenolic OH excluding ortho intramolecular Hbond substituents is 2. The van der Waals surface area contributed by atoms with Crippen molar-refractivity contribution in [2.24, 2.45) is 0 Å². The first-order valence-corrected chi connectivity index (χ1v) is 5.19. The fourth-order valence-electron chi connectivity index (χ4n) is 1.80. The van der Waals surface area contributed by atoms with Gasteiger partial charge in [0.05, 0.1) is 25.2 Å². The van der Waals surface area contributed by atoms with Crippen molar-refractivity contribution in [1.29, 1.82) is 0 Å². The normalized spacial score (nSPS) is 10.3. The van der Waals surface area contributed by atoms with Gasteiger partial charge in [-0.15, -0.1) is 0 Å². The summed E-state index contributed by atoms with van der Waals surface area (Å²) in [5.74, 6) is -0.428. The molecule has 0 radical (unpaired) electrons. The Labute approximate surface area is 103 Å². The van der Waals surface area contributed by atoms with Crippen molar-refractivity contribution in [3.63, 3.8) is 0 Å². The van der Waals surface area contributed by atoms with Crippen molar-refractivity contribution in [2.75, 3.05) is 14.2 Å². The summed E-state index contributed by atoms with van der Waals surface area (Å²) in [6, 6.07) is 5.77. The molecule has 0 fully saturated rings. The number of aromatic hydroxyl groups is 2. The number of phenols is 2. The Morgan fingerprint density at radius 2 is 1.72 bits per heavy atom. The molecule has 2 aromatic rings. The molecule has 0 amide bonds. The van der Waals surface area contributed by atoms with Crippen LogP contribution in [0.5, 0.6) is 17.2 Å². The van der Waals surface area contributed by atoms with E-state index in [1.807, 2.05) is 0 Å². The quantitative estimate of drug-likeness (QED) is 0.795. The maximum absolute atomic E-state index is 11.4. The predicted octanol–water partition coefficient (Wildman–Crippen LogP) is 2.05. The average molecular weight is 248 g/mol. The fourth-order valence-corrected chi connectivity index (χ4v) is 1.80. The Morgan fingerprint density at radius 1 is 1.06 bits per heavy atom. The predicted molar refractivity (Wildman–Crippen MR) is 65.2 cm³/mol. The maximum atomic E-state index is 11.4. The third-order valence-corrected chi connectivity index (χ3v) is 2.64. The van der Waals surface area contributed by atoms with Gasteiger partial charge in [-0.1, -0.05) is 0 Å². The van der Waals surface area contributed by atoms with E-state index in [2.05, 4.69) is 4.74 Å². The molecular formula is C13H12O5. The van der Waals surface area contributed by atoms with Crippen molar-refractivity contribution in [2.45, 2.75) is 0 Å². The summed E-state index contributed by atoms with van der Waals surface area (Å²) in [4.78, 5) is 11.4. The van der Waals surface area contributed by atoms with E-state index in [0.717, 1.165) is 0 Å². The second kappa shape index (κ2) is 4.44. The van der Waals surface area contributed by atoms with Crippen LogP contribution in [0.4, 0.5) is 0 Å². The highest BCUT2D eigenvalue weighted by molar-refractivity contribution is 6.01. The smallest absolute Gasteiger partial charge is 0.338 e. The van der Waals surface area contributed by atoms with Crippen LogP contribution in [-0.4, -0.2) is 30.4 Å². The van der Waals surface area contributed by atoms with E-state index in [-0.39, 0.29) is 22.4 Å². The molecule has 94 valence electrons. The first-order valence-electron chi connectivity index (χ1n) is 5.19. The molecule has 0 spiro atoms. The molecule has 0 bridgehead atoms. The zero-order valence-corrected chi connectivity index (χ0v) is 9.93. The third-order valence-electron chi connectivity index (χ3n) is 2.64. The van der Waals surface area contributed by atoms with Gasteiger partial charge in [0, 0.05) is 6.07 Å². The van der Waals surface area contributed by atoms with Crippen molar-refractivity contribution >= 4 is 16.7 Å². The zero-order valence-electron chi connectivity index (χ0n) is 9.93. The first-order chi connectivity index (χ1) is 8.56. The van der Waals surface area contributed by atoms with Gasteiger partial charge in [0.1, 0.15) is 17.2 Å². The number of fused-ring (bicyclic) bond motifs is 1. The minimum absolute atomic E-state index is 0.113. The van der Waals surface area contributed by atoms with Gasteiger partial charge in [-0.3, -0.25) is 0 Å². The van der Waals surface area contributed by atoms with Crippen molar-refractivity contribution in [3.8, 4) is 17.2 Å². The van der Waals surface area contributed by atoms with Crippen LogP contribution in [0.25, 0.3) is 10.8 Å². The summed E-state index contributed by atoms with van der Waals surface area (Å²) >= 11 is 0. The third kappa shape index (κ3) is 1.90. The maximum Gasteiger partial charge on any atom is 0.338 e. The minimum atomic E-state index is -0.561. The Bertz CT molecular complexity index is 618. The number of methoxy groups -OCH3 is 2. The van der Waals surface area contributed by atoms with E-state index in [4.69, 9.17) is 4.74 Å². The Morgan fingerprint density at radius 3 is 2.33 bits per heavy atom. The summed E-state index contributed by atoms with van der Waals surface area (Å²) in [5, 5.41) is 20.4. The fraction of sp³-hybridized carbons (Fsp3) is 0.154. The van der Waals surface area contributed by atoms with Crippen LogP contribution < -0.4 is 4.74 Å². The summed E-state index contributed by atoms with van der Waals surface area (Å²) in [6.07, 6.45) is 0. The van der Waals surface area contributed by atoms with Gasteiger partial charge in [-0.05, 0) is 23.6 Å². The van der Waals surface area contributed by atoms with Gasteiger partial charge in [0.25, 0.3) is 0 Å². The summed E-state index contributed by atoms with van der Waals surface area (Å²) in [6.45, 7) is 0. The monoisotopic (exact) mass is 248 g/mol. The van der Waals surface area contributed by atoms with Gasteiger partial charge >= 0.3 is 5.97 Å². The lowest BCUT2D eigenvalue weighted by molar-refractivity contribution is 0.0600. The van der Waals surface area contributed by atoms with Gasteiger partial charge in [0.15, 0.2) is 0 Å². The number of hydrogen-bond acceptors (Lipinski definition) is 5. The first kappa shape index (κ1) is 12.0. The molecule has 0 aliphatic heterocycles. The molecule has 0 aromatic heterocycles. The Hall–Kier alpha value is -2.43. The number of carbonyl (C=O) groups is 1. The van der Waals surface area contributed by atoms with Gasteiger partial charge < -0.3 is 19.7 Å². The van der Waals surface area contributed by atoms with Crippen LogP contribution in [0.1, 0.15) is 10.4 Å². The zero-order chi connectivity index (χ0) is 13.3. The number of rotatable bonds is 2. The Kier molecular flexibility index (Phi) is 2.97. The van der Waals surface area contributed by atoms with E-state index >= 15 is 0 Å². The van der Waals surface area contributed by atoms with E-state index in [9.17, 15) is 15.0 Å². The second-order valence-corrected chi connectivity index (χ2v) is 3.73. The molecule has 18 heavy (non-hydrogen) atoms. The number of esters is 1. The van der Waals surface area contributed by atoms with Crippen LogP contribution >= 0.6 is 0 Å². The molecule has 0 saturated carbocycles. The van der Waals surface area contributed by atoms with E-state index in [1.165, 1.54) is 32.4 Å². The molecular weight excluding hydrogens is 236 g/mol. The summed E-state index contributed by atoms with van der Waals surface area (Å²) < 4.78 is 9.60. The minimum Gasteiger partial charge on any atom is -0.507 e. The van der Waals surface area contributed by atoms with Crippen LogP contribution in [-0.2, 0) is 4.74 Å². The van der Waals surface area contributed by atoms with Gasteiger partial charge in [-0.25, -0.2) is 4.79 Å². The summed E-state index contributed by atoms with van der Waals surface area (Å²) in [5.41, 5.74) is 0.204. The van der Waals surface area contributed by atoms with Gasteiger partial charge in [-0.2, -0.15) is 0 Å². The number of ether oxygens (including phenoxy) is 2. The summed E-state index contributed by atoms with van der Waals surface area (Å²) in [7, 11) is 2.72. The molecule has 0 heterocycles. The molecule has 0 aliphatic carbocycles. The van der Waals surface area contributed by atoms with Crippen LogP contribution in [0, 0.1) is 0 Å². The second-order valence-electron chi connectivity index (χ2n) is 3.73. The largest absolute Gasteiger partial charge is 0.507 e. The highest BCUT2D eigenvalue weighted by Gasteiger charge is 2.13. The van der Waals surface area contributed by atoms with Crippen LogP contribution in [0.3, 0.4) is 0 Å². The highest BCUT2D eigenvalue weighted by atomic mass is 16.5.